The molecule has 11 heteroatoms. The number of halogens is 2. The second-order valence-corrected chi connectivity index (χ2v) is 10.4. The van der Waals surface area contributed by atoms with Crippen molar-refractivity contribution in [2.75, 3.05) is 5.32 Å². The van der Waals surface area contributed by atoms with Crippen molar-refractivity contribution in [3.63, 3.8) is 0 Å². The van der Waals surface area contributed by atoms with Gasteiger partial charge < -0.3 is 9.53 Å². The number of hydrogen-bond acceptors (Lipinski definition) is 7. The quantitative estimate of drug-likeness (QED) is 0.160. The minimum Gasteiger partial charge on any atom is -0.435 e. The number of fused-ring (bicyclic) bond motifs is 1. The van der Waals surface area contributed by atoms with Crippen molar-refractivity contribution in [1.82, 2.24) is 14.4 Å². The summed E-state index contributed by atoms with van der Waals surface area (Å²) < 4.78 is 32.5. The molecule has 3 aromatic heterocycles. The van der Waals surface area contributed by atoms with E-state index in [-0.39, 0.29) is 11.7 Å². The predicted molar refractivity (Wildman–Crippen MR) is 141 cm³/mol. The smallest absolute Gasteiger partial charge is 0.387 e. The van der Waals surface area contributed by atoms with Crippen LogP contribution in [0.25, 0.3) is 17.1 Å². The Labute approximate surface area is 219 Å². The third-order valence-electron chi connectivity index (χ3n) is 6.05. The average Bonchev–Trinajstić information content (AvgIpc) is 3.27. The number of aldehydes is 1. The summed E-state index contributed by atoms with van der Waals surface area (Å²) in [5.74, 6) is 0.268. The fraction of sp³-hybridized carbons (Fsp3) is 0.308. The van der Waals surface area contributed by atoms with Gasteiger partial charge in [-0.2, -0.15) is 8.78 Å². The first-order chi connectivity index (χ1) is 18.0. The number of alkyl halides is 2. The fourth-order valence-corrected chi connectivity index (χ4v) is 5.63. The van der Waals surface area contributed by atoms with Crippen molar-refractivity contribution in [2.24, 2.45) is 0 Å². The van der Waals surface area contributed by atoms with Gasteiger partial charge in [0.2, 0.25) is 0 Å². The van der Waals surface area contributed by atoms with Gasteiger partial charge in [-0.1, -0.05) is 18.2 Å². The van der Waals surface area contributed by atoms with E-state index in [2.05, 4.69) is 15.3 Å². The van der Waals surface area contributed by atoms with E-state index in [1.54, 1.807) is 34.9 Å². The molecular weight excluding hydrogens is 518 g/mol. The number of thiazole rings is 2. The van der Waals surface area contributed by atoms with Crippen LogP contribution in [0.4, 0.5) is 13.9 Å². The van der Waals surface area contributed by atoms with E-state index in [9.17, 15) is 18.4 Å². The molecule has 5 rings (SSSR count). The number of hydrogen-bond donors (Lipinski definition) is 1. The Bertz CT molecular complexity index is 1440. The van der Waals surface area contributed by atoms with E-state index in [0.717, 1.165) is 24.8 Å². The van der Waals surface area contributed by atoms with E-state index >= 15 is 0 Å². The third kappa shape index (κ3) is 5.94. The highest BCUT2D eigenvalue weighted by atomic mass is 32.1. The Hall–Kier alpha value is -3.44. The maximum absolute atomic E-state index is 13.3. The largest absolute Gasteiger partial charge is 0.435 e. The molecule has 1 N–H and O–H groups in total. The van der Waals surface area contributed by atoms with Gasteiger partial charge in [-0.15, -0.1) is 22.7 Å². The maximum Gasteiger partial charge on any atom is 0.387 e. The van der Waals surface area contributed by atoms with Crippen LogP contribution in [0.5, 0.6) is 5.75 Å². The highest BCUT2D eigenvalue weighted by Crippen LogP contribution is 2.41. The lowest BCUT2D eigenvalue weighted by Crippen LogP contribution is -2.15. The molecule has 1 aromatic carbocycles. The maximum atomic E-state index is 13.3. The molecule has 1 aliphatic carbocycles. The molecular formula is C26H24F2N4O3S2. The van der Waals surface area contributed by atoms with Crippen LogP contribution in [0.1, 0.15) is 71.0 Å². The Morgan fingerprint density at radius 3 is 2.86 bits per heavy atom. The highest BCUT2D eigenvalue weighted by Gasteiger charge is 2.27. The number of nitrogens with one attached hydrogen (secondary N) is 1. The molecule has 7 nitrogen and oxygen atoms in total. The van der Waals surface area contributed by atoms with Crippen LogP contribution in [0, 0.1) is 0 Å². The van der Waals surface area contributed by atoms with Crippen LogP contribution in [0.2, 0.25) is 0 Å². The molecule has 0 spiro atoms. The number of ether oxygens (including phenoxy) is 1. The second-order valence-electron chi connectivity index (χ2n) is 8.66. The van der Waals surface area contributed by atoms with E-state index < -0.39 is 6.61 Å². The third-order valence-corrected chi connectivity index (χ3v) is 7.58. The van der Waals surface area contributed by atoms with Gasteiger partial charge >= 0.3 is 6.61 Å². The number of rotatable bonds is 12. The Morgan fingerprint density at radius 2 is 2.08 bits per heavy atom. The molecule has 0 unspecified atom stereocenters. The number of amides is 1. The lowest BCUT2D eigenvalue weighted by molar-refractivity contribution is -0.107. The normalized spacial score (nSPS) is 13.6. The predicted octanol–water partition coefficient (Wildman–Crippen LogP) is 6.67. The number of imidazole rings is 1. The van der Waals surface area contributed by atoms with Gasteiger partial charge in [0.05, 0.1) is 11.4 Å². The van der Waals surface area contributed by atoms with Crippen molar-refractivity contribution in [3.05, 3.63) is 63.4 Å². The van der Waals surface area contributed by atoms with Crippen LogP contribution in [0.15, 0.2) is 35.2 Å². The minimum atomic E-state index is -2.95. The van der Waals surface area contributed by atoms with E-state index in [4.69, 9.17) is 4.74 Å². The zero-order valence-corrected chi connectivity index (χ0v) is 21.4. The van der Waals surface area contributed by atoms with Crippen LogP contribution in [-0.2, 0) is 11.2 Å². The van der Waals surface area contributed by atoms with Crippen molar-refractivity contribution in [2.45, 2.75) is 51.1 Å². The van der Waals surface area contributed by atoms with Gasteiger partial charge in [-0.05, 0) is 49.8 Å². The lowest BCUT2D eigenvalue weighted by Gasteiger charge is -2.13. The van der Waals surface area contributed by atoms with E-state index in [0.29, 0.717) is 64.2 Å². The Kier molecular flexibility index (Phi) is 7.71. The minimum absolute atomic E-state index is 0.0993. The molecule has 1 fully saturated rings. The Balaban J connectivity index is 1.43. The molecule has 192 valence electrons. The summed E-state index contributed by atoms with van der Waals surface area (Å²) >= 11 is 2.81. The molecule has 0 radical (unpaired) electrons. The summed E-state index contributed by atoms with van der Waals surface area (Å²) in [6, 6.07) is 4.95. The zero-order valence-electron chi connectivity index (χ0n) is 19.7. The molecule has 4 aromatic rings. The summed E-state index contributed by atoms with van der Waals surface area (Å²) in [5.41, 5.74) is 3.13. The molecule has 1 aliphatic rings. The molecule has 0 saturated heterocycles. The summed E-state index contributed by atoms with van der Waals surface area (Å²) in [7, 11) is 0. The monoisotopic (exact) mass is 542 g/mol. The van der Waals surface area contributed by atoms with Gasteiger partial charge in [-0.3, -0.25) is 14.5 Å². The molecule has 0 aliphatic heterocycles. The molecule has 0 bridgehead atoms. The van der Waals surface area contributed by atoms with Gasteiger partial charge in [-0.25, -0.2) is 9.97 Å². The first-order valence-corrected chi connectivity index (χ1v) is 13.7. The molecule has 0 atom stereocenters. The second kappa shape index (κ2) is 11.3. The number of nitrogens with zero attached hydrogens (tertiary/aromatic N) is 3. The topological polar surface area (TPSA) is 85.6 Å². The van der Waals surface area contributed by atoms with Crippen molar-refractivity contribution >= 4 is 57.1 Å². The van der Waals surface area contributed by atoms with E-state index in [1.807, 2.05) is 10.8 Å². The number of unbranched alkanes of at least 4 members (excludes halogenated alkanes) is 2. The number of carbonyl (C=O) groups is 2. The van der Waals surface area contributed by atoms with Gasteiger partial charge in [0, 0.05) is 34.9 Å². The lowest BCUT2D eigenvalue weighted by atomic mass is 9.99. The van der Waals surface area contributed by atoms with Crippen LogP contribution < -0.4 is 10.1 Å². The number of carbonyl (C=O) groups excluding carboxylic acids is 2. The summed E-state index contributed by atoms with van der Waals surface area (Å²) in [4.78, 5) is 33.8. The van der Waals surface area contributed by atoms with Crippen molar-refractivity contribution in [1.29, 1.82) is 0 Å². The zero-order chi connectivity index (χ0) is 25.8. The SMILES string of the molecule is O=CCCCCc1c(/C=C/c2nc3sccn3c2C(=O)Nc2nc(C3CC3)cs2)cccc1OC(F)F. The molecule has 3 heterocycles. The van der Waals surface area contributed by atoms with Gasteiger partial charge in [0.1, 0.15) is 17.7 Å². The van der Waals surface area contributed by atoms with Gasteiger partial charge in [0.25, 0.3) is 5.91 Å². The number of aromatic nitrogens is 3. The molecule has 37 heavy (non-hydrogen) atoms. The van der Waals surface area contributed by atoms with Gasteiger partial charge in [0.15, 0.2) is 10.1 Å². The van der Waals surface area contributed by atoms with Crippen LogP contribution in [-0.4, -0.2) is 33.2 Å². The van der Waals surface area contributed by atoms with Crippen molar-refractivity contribution in [3.8, 4) is 5.75 Å². The summed E-state index contributed by atoms with van der Waals surface area (Å²) in [6.07, 6.45) is 10.5. The van der Waals surface area contributed by atoms with Crippen molar-refractivity contribution < 1.29 is 23.1 Å². The first-order valence-electron chi connectivity index (χ1n) is 11.9. The van der Waals surface area contributed by atoms with E-state index in [1.165, 1.54) is 28.7 Å². The molecule has 1 saturated carbocycles. The number of benzene rings is 1. The summed E-state index contributed by atoms with van der Waals surface area (Å²) in [6.45, 7) is -2.95. The number of anilines is 1. The standard InChI is InChI=1S/C26H24F2N4O3S2/c27-24(28)35-21-7-4-5-16(18(21)6-2-1-3-13-33)10-11-19-22(32-12-14-36-26(32)30-19)23(34)31-25-29-20(15-37-25)17-8-9-17/h4-5,7,10-15,17,24H,1-3,6,8-9H2,(H,29,31,34)/b11-10+. The van der Waals surface area contributed by atoms with Crippen LogP contribution in [0.3, 0.4) is 0 Å². The van der Waals surface area contributed by atoms with Crippen LogP contribution >= 0.6 is 22.7 Å². The Morgan fingerprint density at radius 1 is 1.22 bits per heavy atom. The fourth-order valence-electron chi connectivity index (χ4n) is 4.12. The molecule has 1 amide bonds. The average molecular weight is 543 g/mol. The highest BCUT2D eigenvalue weighted by molar-refractivity contribution is 7.15. The first kappa shape index (κ1) is 25.2. The summed E-state index contributed by atoms with van der Waals surface area (Å²) in [5, 5.41) is 7.27.